The SMILES string of the molecule is CC(CCCC(F)(F)F)Nc1cc([N+](=O)[O-])ccc1F. The second kappa shape index (κ2) is 6.53. The highest BCUT2D eigenvalue weighted by atomic mass is 19.4. The van der Waals surface area contributed by atoms with Crippen LogP contribution < -0.4 is 5.32 Å². The summed E-state index contributed by atoms with van der Waals surface area (Å²) in [5, 5.41) is 13.2. The van der Waals surface area contributed by atoms with Crippen LogP contribution in [0.3, 0.4) is 0 Å². The number of nitrogens with zero attached hydrogens (tertiary/aromatic N) is 1. The number of hydrogen-bond acceptors (Lipinski definition) is 3. The molecule has 0 amide bonds. The van der Waals surface area contributed by atoms with Gasteiger partial charge < -0.3 is 5.32 Å². The summed E-state index contributed by atoms with van der Waals surface area (Å²) in [6, 6.07) is 2.57. The van der Waals surface area contributed by atoms with E-state index in [9.17, 15) is 27.7 Å². The quantitative estimate of drug-likeness (QED) is 0.484. The van der Waals surface area contributed by atoms with Gasteiger partial charge in [0.1, 0.15) is 5.82 Å². The molecular formula is C12H14F4N2O2. The zero-order valence-electron chi connectivity index (χ0n) is 10.7. The van der Waals surface area contributed by atoms with Crippen molar-refractivity contribution in [1.29, 1.82) is 0 Å². The maximum absolute atomic E-state index is 13.4. The average molecular weight is 294 g/mol. The Morgan fingerprint density at radius 1 is 1.40 bits per heavy atom. The molecule has 0 radical (unpaired) electrons. The van der Waals surface area contributed by atoms with Crippen molar-refractivity contribution < 1.29 is 22.5 Å². The van der Waals surface area contributed by atoms with Crippen LogP contribution in [0.2, 0.25) is 0 Å². The van der Waals surface area contributed by atoms with Gasteiger partial charge in [-0.1, -0.05) is 0 Å². The van der Waals surface area contributed by atoms with E-state index in [1.165, 1.54) is 0 Å². The number of nitrogens with one attached hydrogen (secondary N) is 1. The van der Waals surface area contributed by atoms with Crippen molar-refractivity contribution in [3.05, 3.63) is 34.1 Å². The number of non-ortho nitro benzene ring substituents is 1. The molecule has 0 bridgehead atoms. The molecule has 0 aliphatic carbocycles. The van der Waals surface area contributed by atoms with Gasteiger partial charge in [-0.3, -0.25) is 10.1 Å². The van der Waals surface area contributed by atoms with E-state index < -0.39 is 29.4 Å². The Labute approximate surface area is 112 Å². The van der Waals surface area contributed by atoms with Crippen LogP contribution in [0, 0.1) is 15.9 Å². The Morgan fingerprint density at radius 3 is 2.60 bits per heavy atom. The second-order valence-corrected chi connectivity index (χ2v) is 4.47. The first-order valence-electron chi connectivity index (χ1n) is 5.96. The molecular weight excluding hydrogens is 280 g/mol. The van der Waals surface area contributed by atoms with Crippen LogP contribution in [0.15, 0.2) is 18.2 Å². The van der Waals surface area contributed by atoms with Crippen LogP contribution in [0.25, 0.3) is 0 Å². The van der Waals surface area contributed by atoms with Crippen molar-refractivity contribution >= 4 is 11.4 Å². The van der Waals surface area contributed by atoms with Crippen molar-refractivity contribution in [2.45, 2.75) is 38.4 Å². The lowest BCUT2D eigenvalue weighted by atomic mass is 10.1. The molecule has 8 heteroatoms. The Bertz CT molecular complexity index is 477. The largest absolute Gasteiger partial charge is 0.389 e. The number of hydrogen-bond donors (Lipinski definition) is 1. The van der Waals surface area contributed by atoms with Crippen LogP contribution in [-0.2, 0) is 0 Å². The third kappa shape index (κ3) is 5.41. The summed E-state index contributed by atoms with van der Waals surface area (Å²) >= 11 is 0. The van der Waals surface area contributed by atoms with Crippen molar-refractivity contribution in [3.8, 4) is 0 Å². The van der Waals surface area contributed by atoms with E-state index in [0.717, 1.165) is 18.2 Å². The number of benzene rings is 1. The third-order valence-electron chi connectivity index (χ3n) is 2.66. The lowest BCUT2D eigenvalue weighted by Crippen LogP contribution is -2.17. The highest BCUT2D eigenvalue weighted by Crippen LogP contribution is 2.25. The predicted octanol–water partition coefficient (Wildman–Crippen LogP) is 4.27. The molecule has 0 saturated carbocycles. The molecule has 4 nitrogen and oxygen atoms in total. The van der Waals surface area contributed by atoms with Crippen molar-refractivity contribution in [1.82, 2.24) is 0 Å². The molecule has 1 N–H and O–H groups in total. The van der Waals surface area contributed by atoms with Crippen molar-refractivity contribution in [3.63, 3.8) is 0 Å². The summed E-state index contributed by atoms with van der Waals surface area (Å²) in [6.45, 7) is 1.59. The zero-order chi connectivity index (χ0) is 15.3. The molecule has 1 aromatic carbocycles. The fourth-order valence-corrected chi connectivity index (χ4v) is 1.68. The maximum atomic E-state index is 13.4. The van der Waals surface area contributed by atoms with E-state index in [1.807, 2.05) is 0 Å². The predicted molar refractivity (Wildman–Crippen MR) is 66.0 cm³/mol. The summed E-state index contributed by atoms with van der Waals surface area (Å²) in [5.74, 6) is -0.682. The second-order valence-electron chi connectivity index (χ2n) is 4.47. The summed E-state index contributed by atoms with van der Waals surface area (Å²) in [6.07, 6.45) is -5.03. The number of alkyl halides is 3. The van der Waals surface area contributed by atoms with Gasteiger partial charge in [0.25, 0.3) is 5.69 Å². The van der Waals surface area contributed by atoms with Gasteiger partial charge in [0, 0.05) is 24.6 Å². The van der Waals surface area contributed by atoms with Gasteiger partial charge in [0.15, 0.2) is 0 Å². The molecule has 0 saturated heterocycles. The molecule has 0 aliphatic heterocycles. The highest BCUT2D eigenvalue weighted by molar-refractivity contribution is 5.52. The lowest BCUT2D eigenvalue weighted by molar-refractivity contribution is -0.384. The lowest BCUT2D eigenvalue weighted by Gasteiger charge is -2.16. The van der Waals surface area contributed by atoms with Crippen molar-refractivity contribution in [2.75, 3.05) is 5.32 Å². The molecule has 1 aromatic rings. The minimum absolute atomic E-state index is 0.0845. The minimum atomic E-state index is -4.21. The molecule has 0 spiro atoms. The monoisotopic (exact) mass is 294 g/mol. The number of nitro benzene ring substituents is 1. The first-order chi connectivity index (χ1) is 9.19. The molecule has 0 aromatic heterocycles. The average Bonchev–Trinajstić information content (AvgIpc) is 2.30. The highest BCUT2D eigenvalue weighted by Gasteiger charge is 2.26. The fourth-order valence-electron chi connectivity index (χ4n) is 1.68. The van der Waals surface area contributed by atoms with Crippen LogP contribution in [0.1, 0.15) is 26.2 Å². The van der Waals surface area contributed by atoms with E-state index in [1.54, 1.807) is 6.92 Å². The molecule has 0 aliphatic rings. The van der Waals surface area contributed by atoms with E-state index in [4.69, 9.17) is 0 Å². The molecule has 1 rings (SSSR count). The number of halogens is 4. The van der Waals surface area contributed by atoms with Gasteiger partial charge in [-0.15, -0.1) is 0 Å². The molecule has 0 fully saturated rings. The van der Waals surface area contributed by atoms with Crippen molar-refractivity contribution in [2.24, 2.45) is 0 Å². The topological polar surface area (TPSA) is 55.2 Å². The molecule has 1 unspecified atom stereocenters. The first kappa shape index (κ1) is 16.2. The van der Waals surface area contributed by atoms with E-state index in [2.05, 4.69) is 5.32 Å². The molecule has 20 heavy (non-hydrogen) atoms. The molecule has 112 valence electrons. The normalized spacial score (nSPS) is 13.1. The van der Waals surface area contributed by atoms with Gasteiger partial charge in [-0.2, -0.15) is 13.2 Å². The summed E-state index contributed by atoms with van der Waals surface area (Å²) in [4.78, 5) is 9.90. The molecule has 1 atom stereocenters. The summed E-state index contributed by atoms with van der Waals surface area (Å²) in [7, 11) is 0. The van der Waals surface area contributed by atoms with Gasteiger partial charge >= 0.3 is 6.18 Å². The summed E-state index contributed by atoms with van der Waals surface area (Å²) < 4.78 is 49.4. The Balaban J connectivity index is 2.59. The van der Waals surface area contributed by atoms with E-state index >= 15 is 0 Å². The van der Waals surface area contributed by atoms with Gasteiger partial charge in [-0.05, 0) is 25.8 Å². The standard InChI is InChI=1S/C12H14F4N2O2/c1-8(3-2-6-12(14,15)16)17-11-7-9(18(19)20)4-5-10(11)13/h4-5,7-8,17H,2-3,6H2,1H3. The summed E-state index contributed by atoms with van der Waals surface area (Å²) in [5.41, 5.74) is -0.366. The Kier molecular flexibility index (Phi) is 5.29. The smallest absolute Gasteiger partial charge is 0.380 e. The number of rotatable bonds is 6. The Morgan fingerprint density at radius 2 is 2.05 bits per heavy atom. The van der Waals surface area contributed by atoms with E-state index in [0.29, 0.717) is 0 Å². The van der Waals surface area contributed by atoms with Gasteiger partial charge in [-0.25, -0.2) is 4.39 Å². The number of nitro groups is 1. The van der Waals surface area contributed by atoms with Gasteiger partial charge in [0.2, 0.25) is 0 Å². The van der Waals surface area contributed by atoms with E-state index in [-0.39, 0.29) is 24.2 Å². The van der Waals surface area contributed by atoms with Gasteiger partial charge in [0.05, 0.1) is 10.6 Å². The maximum Gasteiger partial charge on any atom is 0.389 e. The minimum Gasteiger partial charge on any atom is -0.380 e. The fraction of sp³-hybridized carbons (Fsp3) is 0.500. The van der Waals surface area contributed by atoms with Crippen LogP contribution in [0.5, 0.6) is 0 Å². The molecule has 0 heterocycles. The zero-order valence-corrected chi connectivity index (χ0v) is 10.7. The first-order valence-corrected chi connectivity index (χ1v) is 5.96. The number of anilines is 1. The van der Waals surface area contributed by atoms with Crippen LogP contribution in [0.4, 0.5) is 28.9 Å². The Hall–Kier alpha value is -1.86. The third-order valence-corrected chi connectivity index (χ3v) is 2.66. The van der Waals surface area contributed by atoms with Crippen LogP contribution >= 0.6 is 0 Å². The van der Waals surface area contributed by atoms with Crippen LogP contribution in [-0.4, -0.2) is 17.1 Å².